The molecule has 0 aliphatic rings. The molecule has 29 heavy (non-hydrogen) atoms. The van der Waals surface area contributed by atoms with E-state index >= 15 is 0 Å². The van der Waals surface area contributed by atoms with E-state index in [9.17, 15) is 9.59 Å². The molecule has 0 saturated heterocycles. The van der Waals surface area contributed by atoms with Gasteiger partial charge in [-0.25, -0.2) is 0 Å². The summed E-state index contributed by atoms with van der Waals surface area (Å²) >= 11 is 17.1. The fourth-order valence-electron chi connectivity index (χ4n) is 2.52. The number of benzene rings is 2. The van der Waals surface area contributed by atoms with Gasteiger partial charge in [0.05, 0.1) is 22.3 Å². The van der Waals surface area contributed by atoms with E-state index in [0.29, 0.717) is 28.8 Å². The molecule has 0 spiro atoms. The van der Waals surface area contributed by atoms with Crippen molar-refractivity contribution in [3.63, 3.8) is 0 Å². The van der Waals surface area contributed by atoms with Gasteiger partial charge < -0.3 is 15.4 Å². The highest BCUT2D eigenvalue weighted by Gasteiger charge is 2.10. The largest absolute Gasteiger partial charge is 0.466 e. The Kier molecular flexibility index (Phi) is 9.91. The number of rotatable bonds is 9. The van der Waals surface area contributed by atoms with Crippen LogP contribution in [-0.2, 0) is 20.7 Å². The van der Waals surface area contributed by atoms with Crippen molar-refractivity contribution in [3.05, 3.63) is 64.1 Å². The molecule has 0 saturated carbocycles. The van der Waals surface area contributed by atoms with Gasteiger partial charge in [0.15, 0.2) is 5.11 Å². The summed E-state index contributed by atoms with van der Waals surface area (Å²) in [6.07, 6.45) is 2.34. The van der Waals surface area contributed by atoms with Gasteiger partial charge in [-0.1, -0.05) is 59.6 Å². The second-order valence-electron chi connectivity index (χ2n) is 6.27. The number of aryl methyl sites for hydroxylation is 1. The van der Waals surface area contributed by atoms with Crippen LogP contribution in [0, 0.1) is 0 Å². The summed E-state index contributed by atoms with van der Waals surface area (Å²) in [6.45, 7) is 0.369. The van der Waals surface area contributed by atoms with Crippen LogP contribution in [0.5, 0.6) is 0 Å². The SMILES string of the molecule is O=C(CCCC(=O)OCCCc1ccccc1)NC(=S)Nc1cccc(Cl)c1Cl. The van der Waals surface area contributed by atoms with Gasteiger partial charge in [0.25, 0.3) is 0 Å². The third-order valence-electron chi connectivity index (χ3n) is 3.95. The lowest BCUT2D eigenvalue weighted by molar-refractivity contribution is -0.143. The summed E-state index contributed by atoms with van der Waals surface area (Å²) in [4.78, 5) is 23.7. The minimum atomic E-state index is -0.308. The molecule has 0 aliphatic heterocycles. The van der Waals surface area contributed by atoms with E-state index in [2.05, 4.69) is 10.6 Å². The first-order chi connectivity index (χ1) is 14.0. The molecular formula is C21H22Cl2N2O3S. The predicted molar refractivity (Wildman–Crippen MR) is 120 cm³/mol. The number of hydrogen-bond acceptors (Lipinski definition) is 4. The lowest BCUT2D eigenvalue weighted by Gasteiger charge is -2.11. The summed E-state index contributed by atoms with van der Waals surface area (Å²) in [6, 6.07) is 15.1. The second kappa shape index (κ2) is 12.4. The molecule has 0 fully saturated rings. The van der Waals surface area contributed by atoms with Crippen LogP contribution in [0.4, 0.5) is 5.69 Å². The minimum absolute atomic E-state index is 0.114. The van der Waals surface area contributed by atoms with Gasteiger partial charge in [-0.05, 0) is 49.2 Å². The first-order valence-corrected chi connectivity index (χ1v) is 10.4. The van der Waals surface area contributed by atoms with Crippen molar-refractivity contribution in [2.75, 3.05) is 11.9 Å². The lowest BCUT2D eigenvalue weighted by atomic mass is 10.1. The summed E-state index contributed by atoms with van der Waals surface area (Å²) < 4.78 is 5.19. The van der Waals surface area contributed by atoms with Crippen molar-refractivity contribution < 1.29 is 14.3 Å². The molecule has 2 aromatic carbocycles. The number of anilines is 1. The van der Waals surface area contributed by atoms with Crippen LogP contribution < -0.4 is 10.6 Å². The number of esters is 1. The lowest BCUT2D eigenvalue weighted by Crippen LogP contribution is -2.34. The van der Waals surface area contributed by atoms with E-state index in [4.69, 9.17) is 40.2 Å². The summed E-state index contributed by atoms with van der Waals surface area (Å²) in [5.74, 6) is -0.602. The maximum Gasteiger partial charge on any atom is 0.305 e. The number of carbonyl (C=O) groups excluding carboxylic acids is 2. The Bertz CT molecular complexity index is 847. The quantitative estimate of drug-likeness (QED) is 0.312. The van der Waals surface area contributed by atoms with Gasteiger partial charge in [-0.3, -0.25) is 9.59 Å². The van der Waals surface area contributed by atoms with Gasteiger partial charge >= 0.3 is 5.97 Å². The van der Waals surface area contributed by atoms with Crippen molar-refractivity contribution in [1.29, 1.82) is 0 Å². The zero-order valence-corrected chi connectivity index (χ0v) is 18.1. The van der Waals surface area contributed by atoms with Crippen molar-refractivity contribution in [2.45, 2.75) is 32.1 Å². The fraction of sp³-hybridized carbons (Fsp3) is 0.286. The molecule has 0 unspecified atom stereocenters. The maximum absolute atomic E-state index is 11.9. The van der Waals surface area contributed by atoms with E-state index in [0.717, 1.165) is 12.8 Å². The molecule has 1 amide bonds. The van der Waals surface area contributed by atoms with Crippen molar-refractivity contribution in [1.82, 2.24) is 5.32 Å². The van der Waals surface area contributed by atoms with Gasteiger partial charge in [0, 0.05) is 12.8 Å². The molecule has 8 heteroatoms. The highest BCUT2D eigenvalue weighted by molar-refractivity contribution is 7.80. The maximum atomic E-state index is 11.9. The van der Waals surface area contributed by atoms with Gasteiger partial charge in [0.2, 0.25) is 5.91 Å². The standard InChI is InChI=1S/C21H22Cl2N2O3S/c22-16-10-4-11-17(20(16)23)24-21(29)25-18(26)12-5-13-19(27)28-14-6-9-15-7-2-1-3-8-15/h1-4,7-8,10-11H,5-6,9,12-14H2,(H2,24,25,26,29). The molecule has 0 radical (unpaired) electrons. The van der Waals surface area contributed by atoms with Crippen LogP contribution in [0.15, 0.2) is 48.5 Å². The summed E-state index contributed by atoms with van der Waals surface area (Å²) in [5.41, 5.74) is 1.72. The van der Waals surface area contributed by atoms with Crippen LogP contribution in [-0.4, -0.2) is 23.6 Å². The number of amides is 1. The number of ether oxygens (including phenoxy) is 1. The number of nitrogens with one attached hydrogen (secondary N) is 2. The topological polar surface area (TPSA) is 67.4 Å². The van der Waals surface area contributed by atoms with Crippen LogP contribution >= 0.6 is 35.4 Å². The van der Waals surface area contributed by atoms with Crippen molar-refractivity contribution in [3.8, 4) is 0 Å². The molecule has 2 N–H and O–H groups in total. The minimum Gasteiger partial charge on any atom is -0.466 e. The molecule has 0 aliphatic carbocycles. The van der Waals surface area contributed by atoms with Crippen LogP contribution in [0.25, 0.3) is 0 Å². The predicted octanol–water partition coefficient (Wildman–Crippen LogP) is 5.15. The molecule has 5 nitrogen and oxygen atoms in total. The Morgan fingerprint density at radius 3 is 2.48 bits per heavy atom. The molecule has 0 heterocycles. The third kappa shape index (κ3) is 8.81. The van der Waals surface area contributed by atoms with Crippen LogP contribution in [0.1, 0.15) is 31.2 Å². The first kappa shape index (κ1) is 23.1. The van der Waals surface area contributed by atoms with Gasteiger partial charge in [0.1, 0.15) is 0 Å². The Labute approximate surface area is 185 Å². The average Bonchev–Trinajstić information content (AvgIpc) is 2.69. The van der Waals surface area contributed by atoms with Crippen molar-refractivity contribution in [2.24, 2.45) is 0 Å². The number of thiocarbonyl (C=S) groups is 1. The van der Waals surface area contributed by atoms with Crippen LogP contribution in [0.2, 0.25) is 10.0 Å². The van der Waals surface area contributed by atoms with E-state index in [1.807, 2.05) is 30.3 Å². The van der Waals surface area contributed by atoms with Crippen LogP contribution in [0.3, 0.4) is 0 Å². The molecule has 2 rings (SSSR count). The van der Waals surface area contributed by atoms with E-state index < -0.39 is 0 Å². The molecular weight excluding hydrogens is 431 g/mol. The van der Waals surface area contributed by atoms with E-state index in [1.54, 1.807) is 18.2 Å². The smallest absolute Gasteiger partial charge is 0.305 e. The highest BCUT2D eigenvalue weighted by atomic mass is 35.5. The van der Waals surface area contributed by atoms with Gasteiger partial charge in [-0.15, -0.1) is 0 Å². The summed E-state index contributed by atoms with van der Waals surface area (Å²) in [5, 5.41) is 6.18. The monoisotopic (exact) mass is 452 g/mol. The van der Waals surface area contributed by atoms with E-state index in [-0.39, 0.29) is 29.8 Å². The first-order valence-electron chi connectivity index (χ1n) is 9.20. The number of halogens is 2. The Morgan fingerprint density at radius 2 is 1.72 bits per heavy atom. The number of hydrogen-bond donors (Lipinski definition) is 2. The Morgan fingerprint density at radius 1 is 0.966 bits per heavy atom. The third-order valence-corrected chi connectivity index (χ3v) is 4.98. The second-order valence-corrected chi connectivity index (χ2v) is 7.46. The molecule has 154 valence electrons. The molecule has 0 atom stereocenters. The molecule has 0 aromatic heterocycles. The summed E-state index contributed by atoms with van der Waals surface area (Å²) in [7, 11) is 0. The number of carbonyl (C=O) groups is 2. The zero-order chi connectivity index (χ0) is 21.1. The Balaban J connectivity index is 1.58. The van der Waals surface area contributed by atoms with E-state index in [1.165, 1.54) is 5.56 Å². The average molecular weight is 453 g/mol. The zero-order valence-electron chi connectivity index (χ0n) is 15.8. The molecule has 0 bridgehead atoms. The van der Waals surface area contributed by atoms with Gasteiger partial charge in [-0.2, -0.15) is 0 Å². The molecule has 2 aromatic rings. The van der Waals surface area contributed by atoms with Crippen molar-refractivity contribution >= 4 is 58.1 Å². The normalized spacial score (nSPS) is 10.3. The highest BCUT2D eigenvalue weighted by Crippen LogP contribution is 2.29. The Hall–Kier alpha value is -2.15. The fourth-order valence-corrected chi connectivity index (χ4v) is 3.09.